The molecule has 0 spiro atoms. The van der Waals surface area contributed by atoms with Gasteiger partial charge in [-0.3, -0.25) is 4.79 Å². The van der Waals surface area contributed by atoms with Gasteiger partial charge in [-0.2, -0.15) is 4.98 Å². The van der Waals surface area contributed by atoms with Gasteiger partial charge in [0, 0.05) is 40.9 Å². The summed E-state index contributed by atoms with van der Waals surface area (Å²) in [6.07, 6.45) is 2.39. The van der Waals surface area contributed by atoms with E-state index in [2.05, 4.69) is 9.97 Å². The third kappa shape index (κ3) is 3.84. The lowest BCUT2D eigenvalue weighted by molar-refractivity contribution is -0.137. The van der Waals surface area contributed by atoms with Crippen molar-refractivity contribution in [2.45, 2.75) is 38.2 Å². The zero-order valence-electron chi connectivity index (χ0n) is 17.4. The molecule has 2 aliphatic rings. The number of aryl methyl sites for hydroxylation is 1. The van der Waals surface area contributed by atoms with Gasteiger partial charge in [0.1, 0.15) is 35.0 Å². The van der Waals surface area contributed by atoms with Gasteiger partial charge >= 0.3 is 5.97 Å². The molecule has 2 aromatic carbocycles. The minimum absolute atomic E-state index is 0.0169. The predicted octanol–water partition coefficient (Wildman–Crippen LogP) is 4.73. The monoisotopic (exact) mass is 436 g/mol. The van der Waals surface area contributed by atoms with Gasteiger partial charge in [0.05, 0.1) is 13.0 Å². The van der Waals surface area contributed by atoms with Crippen LogP contribution in [0.15, 0.2) is 42.6 Å². The smallest absolute Gasteiger partial charge is 0.304 e. The number of aliphatic carboxylic acids is 1. The Kier molecular flexibility index (Phi) is 5.13. The molecule has 1 aliphatic heterocycles. The summed E-state index contributed by atoms with van der Waals surface area (Å²) in [6, 6.07) is 10.0. The molecule has 1 aromatic heterocycles. The molecule has 5 rings (SSSR count). The van der Waals surface area contributed by atoms with Crippen LogP contribution < -0.4 is 14.2 Å². The van der Waals surface area contributed by atoms with Gasteiger partial charge in [-0.15, -0.1) is 0 Å². The summed E-state index contributed by atoms with van der Waals surface area (Å²) in [6.45, 7) is 2.10. The SMILES string of the molecule is Cc1nccc(Oc2ccc(F)c3c2CC[C@H]3Oc2ccc3c(c2)OC[C@H]3CC(=O)O)n1. The van der Waals surface area contributed by atoms with E-state index in [1.165, 1.54) is 6.07 Å². The Morgan fingerprint density at radius 2 is 2.16 bits per heavy atom. The summed E-state index contributed by atoms with van der Waals surface area (Å²) < 4.78 is 32.5. The standard InChI is InChI=1S/C24H21FN2O5/c1-13-26-9-8-22(27-13)32-19-7-5-18(25)24-17(19)4-6-20(24)31-15-2-3-16-14(10-23(28)29)12-30-21(16)11-15/h2-3,5,7-9,11,14,20H,4,6,10,12H2,1H3,(H,28,29)/t14-,20-/m1/s1. The highest BCUT2D eigenvalue weighted by Gasteiger charge is 2.32. The molecular formula is C24H21FN2O5. The predicted molar refractivity (Wildman–Crippen MR) is 112 cm³/mol. The topological polar surface area (TPSA) is 90.8 Å². The van der Waals surface area contributed by atoms with E-state index in [0.29, 0.717) is 54.0 Å². The van der Waals surface area contributed by atoms with Crippen molar-refractivity contribution in [2.24, 2.45) is 0 Å². The number of rotatable bonds is 6. The first-order chi connectivity index (χ1) is 15.5. The van der Waals surface area contributed by atoms with Crippen molar-refractivity contribution in [3.05, 3.63) is 70.9 Å². The summed E-state index contributed by atoms with van der Waals surface area (Å²) in [7, 11) is 0. The molecule has 2 heterocycles. The molecule has 1 N–H and O–H groups in total. The van der Waals surface area contributed by atoms with Crippen LogP contribution >= 0.6 is 0 Å². The van der Waals surface area contributed by atoms with Crippen LogP contribution in [-0.2, 0) is 11.2 Å². The summed E-state index contributed by atoms with van der Waals surface area (Å²) in [5.74, 6) is 1.34. The lowest BCUT2D eigenvalue weighted by atomic mass is 9.98. The van der Waals surface area contributed by atoms with Crippen LogP contribution in [0.3, 0.4) is 0 Å². The molecule has 0 bridgehead atoms. The van der Waals surface area contributed by atoms with Crippen molar-refractivity contribution < 1.29 is 28.5 Å². The van der Waals surface area contributed by atoms with Crippen LogP contribution in [0.25, 0.3) is 0 Å². The Labute approximate surface area is 183 Å². The van der Waals surface area contributed by atoms with Crippen LogP contribution in [0.4, 0.5) is 4.39 Å². The Balaban J connectivity index is 1.38. The minimum Gasteiger partial charge on any atom is -0.492 e. The minimum atomic E-state index is -0.861. The van der Waals surface area contributed by atoms with Crippen LogP contribution in [0.1, 0.15) is 47.4 Å². The zero-order valence-corrected chi connectivity index (χ0v) is 17.4. The largest absolute Gasteiger partial charge is 0.492 e. The van der Waals surface area contributed by atoms with Crippen molar-refractivity contribution in [3.8, 4) is 23.1 Å². The molecule has 32 heavy (non-hydrogen) atoms. The van der Waals surface area contributed by atoms with Gasteiger partial charge < -0.3 is 19.3 Å². The molecule has 7 nitrogen and oxygen atoms in total. The Hall–Kier alpha value is -3.68. The average molecular weight is 436 g/mol. The number of nitrogens with zero attached hydrogens (tertiary/aromatic N) is 2. The molecule has 1 aliphatic carbocycles. The number of halogens is 1. The quantitative estimate of drug-likeness (QED) is 0.597. The third-order valence-electron chi connectivity index (χ3n) is 5.77. The normalized spacial score (nSPS) is 18.6. The molecule has 0 radical (unpaired) electrons. The molecule has 0 unspecified atom stereocenters. The first kappa shape index (κ1) is 20.2. The van der Waals surface area contributed by atoms with Gasteiger partial charge in [0.25, 0.3) is 0 Å². The zero-order chi connectivity index (χ0) is 22.2. The fourth-order valence-electron chi connectivity index (χ4n) is 4.33. The lowest BCUT2D eigenvalue weighted by Crippen LogP contribution is -2.07. The maximum Gasteiger partial charge on any atom is 0.304 e. The van der Waals surface area contributed by atoms with Crippen LogP contribution in [0, 0.1) is 12.7 Å². The van der Waals surface area contributed by atoms with E-state index in [1.807, 2.05) is 6.07 Å². The average Bonchev–Trinajstić information content (AvgIpc) is 3.35. The second-order valence-electron chi connectivity index (χ2n) is 7.93. The van der Waals surface area contributed by atoms with Crippen molar-refractivity contribution in [2.75, 3.05) is 6.61 Å². The highest BCUT2D eigenvalue weighted by Crippen LogP contribution is 2.44. The summed E-state index contributed by atoms with van der Waals surface area (Å²) in [4.78, 5) is 19.3. The van der Waals surface area contributed by atoms with Crippen molar-refractivity contribution in [1.82, 2.24) is 9.97 Å². The van der Waals surface area contributed by atoms with Gasteiger partial charge in [0.2, 0.25) is 5.88 Å². The Morgan fingerprint density at radius 1 is 1.28 bits per heavy atom. The van der Waals surface area contributed by atoms with E-state index >= 15 is 0 Å². The number of carbonyl (C=O) groups is 1. The molecule has 0 saturated heterocycles. The Bertz CT molecular complexity index is 1200. The summed E-state index contributed by atoms with van der Waals surface area (Å²) in [5.41, 5.74) is 2.11. The molecule has 0 amide bonds. The number of hydrogen-bond acceptors (Lipinski definition) is 6. The van der Waals surface area contributed by atoms with E-state index in [1.54, 1.807) is 37.4 Å². The molecule has 0 saturated carbocycles. The fraction of sp³-hybridized carbons (Fsp3) is 0.292. The molecule has 2 atom stereocenters. The van der Waals surface area contributed by atoms with Crippen LogP contribution in [0.2, 0.25) is 0 Å². The van der Waals surface area contributed by atoms with E-state index in [4.69, 9.17) is 19.3 Å². The molecule has 164 valence electrons. The molecule has 3 aromatic rings. The fourth-order valence-corrected chi connectivity index (χ4v) is 4.33. The van der Waals surface area contributed by atoms with E-state index in [-0.39, 0.29) is 18.2 Å². The number of benzene rings is 2. The second kappa shape index (κ2) is 8.11. The number of ether oxygens (including phenoxy) is 3. The second-order valence-corrected chi connectivity index (χ2v) is 7.93. The lowest BCUT2D eigenvalue weighted by Gasteiger charge is -2.17. The van der Waals surface area contributed by atoms with Gasteiger partial charge in [0.15, 0.2) is 0 Å². The maximum absolute atomic E-state index is 14.8. The van der Waals surface area contributed by atoms with Gasteiger partial charge in [-0.1, -0.05) is 6.07 Å². The number of carboxylic acids is 1. The number of carboxylic acid groups (broad SMARTS) is 1. The first-order valence-electron chi connectivity index (χ1n) is 10.4. The Morgan fingerprint density at radius 3 is 2.97 bits per heavy atom. The van der Waals surface area contributed by atoms with Crippen LogP contribution in [-0.4, -0.2) is 27.7 Å². The van der Waals surface area contributed by atoms with Crippen molar-refractivity contribution >= 4 is 5.97 Å². The number of hydrogen-bond donors (Lipinski definition) is 1. The van der Waals surface area contributed by atoms with Crippen molar-refractivity contribution in [3.63, 3.8) is 0 Å². The first-order valence-corrected chi connectivity index (χ1v) is 10.4. The van der Waals surface area contributed by atoms with E-state index in [9.17, 15) is 9.18 Å². The van der Waals surface area contributed by atoms with E-state index in [0.717, 1.165) is 11.1 Å². The summed E-state index contributed by atoms with van der Waals surface area (Å²) >= 11 is 0. The molecule has 8 heteroatoms. The highest BCUT2D eigenvalue weighted by molar-refractivity contribution is 5.68. The van der Waals surface area contributed by atoms with E-state index < -0.39 is 12.1 Å². The third-order valence-corrected chi connectivity index (χ3v) is 5.77. The van der Waals surface area contributed by atoms with Gasteiger partial charge in [-0.25, -0.2) is 9.37 Å². The summed E-state index contributed by atoms with van der Waals surface area (Å²) in [5, 5.41) is 9.06. The molecule has 0 fully saturated rings. The van der Waals surface area contributed by atoms with Gasteiger partial charge in [-0.05, 0) is 38.0 Å². The van der Waals surface area contributed by atoms with Crippen molar-refractivity contribution in [1.29, 1.82) is 0 Å². The highest BCUT2D eigenvalue weighted by atomic mass is 19.1. The number of fused-ring (bicyclic) bond motifs is 2. The number of aromatic nitrogens is 2. The maximum atomic E-state index is 14.8. The molecular weight excluding hydrogens is 415 g/mol. The van der Waals surface area contributed by atoms with Crippen LogP contribution in [0.5, 0.6) is 23.1 Å².